The summed E-state index contributed by atoms with van der Waals surface area (Å²) < 4.78 is 18.7. The first-order valence-corrected chi connectivity index (χ1v) is 6.37. The average Bonchev–Trinajstić information content (AvgIpc) is 2.40. The number of nitrogens with one attached hydrogen (secondary N) is 1. The van der Waals surface area contributed by atoms with Gasteiger partial charge in [0.05, 0.1) is 17.2 Å². The summed E-state index contributed by atoms with van der Waals surface area (Å²) in [5, 5.41) is 3.70. The van der Waals surface area contributed by atoms with E-state index in [1.165, 1.54) is 6.07 Å². The molecule has 0 unspecified atom stereocenters. The van der Waals surface area contributed by atoms with E-state index in [4.69, 9.17) is 27.9 Å². The third-order valence-electron chi connectivity index (χ3n) is 2.67. The lowest BCUT2D eigenvalue weighted by Gasteiger charge is -2.10. The van der Waals surface area contributed by atoms with Crippen molar-refractivity contribution in [2.45, 2.75) is 6.54 Å². The maximum absolute atomic E-state index is 13.7. The van der Waals surface area contributed by atoms with Gasteiger partial charge in [0.25, 0.3) is 0 Å². The molecule has 19 heavy (non-hydrogen) atoms. The van der Waals surface area contributed by atoms with Crippen molar-refractivity contribution in [1.29, 1.82) is 0 Å². The Labute approximate surface area is 121 Å². The van der Waals surface area contributed by atoms with Gasteiger partial charge in [0, 0.05) is 17.8 Å². The van der Waals surface area contributed by atoms with Gasteiger partial charge in [0.15, 0.2) is 0 Å². The number of methoxy groups -OCH3 is 1. The van der Waals surface area contributed by atoms with Crippen LogP contribution in [-0.4, -0.2) is 7.11 Å². The van der Waals surface area contributed by atoms with E-state index in [-0.39, 0.29) is 5.02 Å². The molecule has 0 aromatic heterocycles. The van der Waals surface area contributed by atoms with Crippen molar-refractivity contribution in [1.82, 2.24) is 0 Å². The molecule has 5 heteroatoms. The molecule has 0 amide bonds. The van der Waals surface area contributed by atoms with E-state index in [1.54, 1.807) is 31.4 Å². The SMILES string of the molecule is COc1ccc(NCc2cccc(Cl)c2F)cc1Cl. The van der Waals surface area contributed by atoms with E-state index < -0.39 is 5.82 Å². The first-order chi connectivity index (χ1) is 9.11. The van der Waals surface area contributed by atoms with Gasteiger partial charge in [0.2, 0.25) is 0 Å². The van der Waals surface area contributed by atoms with Gasteiger partial charge in [0.1, 0.15) is 11.6 Å². The second-order valence-electron chi connectivity index (χ2n) is 3.92. The highest BCUT2D eigenvalue weighted by Crippen LogP contribution is 2.27. The van der Waals surface area contributed by atoms with Crippen molar-refractivity contribution < 1.29 is 9.13 Å². The van der Waals surface area contributed by atoms with E-state index in [1.807, 2.05) is 6.07 Å². The van der Waals surface area contributed by atoms with Gasteiger partial charge in [-0.15, -0.1) is 0 Å². The molecule has 0 aliphatic rings. The molecule has 0 aliphatic carbocycles. The van der Waals surface area contributed by atoms with Gasteiger partial charge < -0.3 is 10.1 Å². The molecule has 2 aromatic rings. The van der Waals surface area contributed by atoms with Gasteiger partial charge in [-0.05, 0) is 24.3 Å². The molecule has 2 rings (SSSR count). The number of rotatable bonds is 4. The zero-order valence-corrected chi connectivity index (χ0v) is 11.7. The lowest BCUT2D eigenvalue weighted by atomic mass is 10.2. The molecule has 0 atom stereocenters. The van der Waals surface area contributed by atoms with Crippen molar-refractivity contribution in [2.75, 3.05) is 12.4 Å². The number of halogens is 3. The lowest BCUT2D eigenvalue weighted by molar-refractivity contribution is 0.415. The Kier molecular flexibility index (Phi) is 4.51. The Morgan fingerprint density at radius 1 is 1.16 bits per heavy atom. The molecule has 0 bridgehead atoms. The van der Waals surface area contributed by atoms with Crippen LogP contribution in [0.25, 0.3) is 0 Å². The molecule has 1 N–H and O–H groups in total. The third kappa shape index (κ3) is 3.31. The van der Waals surface area contributed by atoms with Crippen molar-refractivity contribution in [3.05, 3.63) is 57.8 Å². The highest BCUT2D eigenvalue weighted by Gasteiger charge is 2.06. The third-order valence-corrected chi connectivity index (χ3v) is 3.25. The normalized spacial score (nSPS) is 10.3. The molecule has 0 saturated heterocycles. The summed E-state index contributed by atoms with van der Waals surface area (Å²) in [6.45, 7) is 0.328. The summed E-state index contributed by atoms with van der Waals surface area (Å²) in [5.41, 5.74) is 1.28. The molecule has 0 aliphatic heterocycles. The molecule has 0 heterocycles. The number of ether oxygens (including phenoxy) is 1. The molecule has 0 fully saturated rings. The summed E-state index contributed by atoms with van der Waals surface area (Å²) in [5.74, 6) is 0.192. The van der Waals surface area contributed by atoms with E-state index in [9.17, 15) is 4.39 Å². The zero-order chi connectivity index (χ0) is 13.8. The first kappa shape index (κ1) is 14.0. The number of anilines is 1. The van der Waals surface area contributed by atoms with Crippen LogP contribution in [0, 0.1) is 5.82 Å². The summed E-state index contributed by atoms with van der Waals surface area (Å²) >= 11 is 11.7. The molecule has 2 nitrogen and oxygen atoms in total. The second-order valence-corrected chi connectivity index (χ2v) is 4.73. The van der Waals surface area contributed by atoms with E-state index in [2.05, 4.69) is 5.32 Å². The fourth-order valence-electron chi connectivity index (χ4n) is 1.66. The fraction of sp³-hybridized carbons (Fsp3) is 0.143. The summed E-state index contributed by atoms with van der Waals surface area (Å²) in [6, 6.07) is 10.2. The van der Waals surface area contributed by atoms with E-state index in [0.717, 1.165) is 5.69 Å². The Bertz CT molecular complexity index is 590. The van der Waals surface area contributed by atoms with Crippen molar-refractivity contribution in [3.8, 4) is 5.75 Å². The van der Waals surface area contributed by atoms with Crippen molar-refractivity contribution in [3.63, 3.8) is 0 Å². The van der Waals surface area contributed by atoms with Gasteiger partial charge in [-0.2, -0.15) is 0 Å². The van der Waals surface area contributed by atoms with Crippen LogP contribution in [-0.2, 0) is 6.54 Å². The Morgan fingerprint density at radius 2 is 1.95 bits per heavy atom. The lowest BCUT2D eigenvalue weighted by Crippen LogP contribution is -2.02. The van der Waals surface area contributed by atoms with Crippen LogP contribution >= 0.6 is 23.2 Å². The fourth-order valence-corrected chi connectivity index (χ4v) is 2.11. The molecule has 100 valence electrons. The predicted molar refractivity (Wildman–Crippen MR) is 76.7 cm³/mol. The minimum atomic E-state index is -0.406. The van der Waals surface area contributed by atoms with Crippen molar-refractivity contribution >= 4 is 28.9 Å². The molecule has 0 saturated carbocycles. The molecule has 0 spiro atoms. The average molecular weight is 300 g/mol. The second kappa shape index (κ2) is 6.13. The highest BCUT2D eigenvalue weighted by molar-refractivity contribution is 6.32. The first-order valence-electron chi connectivity index (χ1n) is 5.62. The quantitative estimate of drug-likeness (QED) is 0.879. The Morgan fingerprint density at radius 3 is 2.63 bits per heavy atom. The van der Waals surface area contributed by atoms with Gasteiger partial charge in [-0.25, -0.2) is 4.39 Å². The maximum atomic E-state index is 13.7. The Balaban J connectivity index is 2.10. The smallest absolute Gasteiger partial charge is 0.146 e. The monoisotopic (exact) mass is 299 g/mol. The van der Waals surface area contributed by atoms with Gasteiger partial charge >= 0.3 is 0 Å². The van der Waals surface area contributed by atoms with Crippen molar-refractivity contribution in [2.24, 2.45) is 0 Å². The van der Waals surface area contributed by atoms with Crippen LogP contribution < -0.4 is 10.1 Å². The maximum Gasteiger partial charge on any atom is 0.146 e. The van der Waals surface area contributed by atoms with Crippen LogP contribution in [0.5, 0.6) is 5.75 Å². The van der Waals surface area contributed by atoms with Crippen LogP contribution in [0.15, 0.2) is 36.4 Å². The zero-order valence-electron chi connectivity index (χ0n) is 10.2. The topological polar surface area (TPSA) is 21.3 Å². The standard InChI is InChI=1S/C14H12Cl2FNO/c1-19-13-6-5-10(7-12(13)16)18-8-9-3-2-4-11(15)14(9)17/h2-7,18H,8H2,1H3. The Hall–Kier alpha value is -1.45. The van der Waals surface area contributed by atoms with Crippen LogP contribution in [0.3, 0.4) is 0 Å². The molecule has 0 radical (unpaired) electrons. The van der Waals surface area contributed by atoms with Gasteiger partial charge in [-0.1, -0.05) is 35.3 Å². The summed E-state index contributed by atoms with van der Waals surface area (Å²) in [7, 11) is 1.55. The largest absolute Gasteiger partial charge is 0.495 e. The highest BCUT2D eigenvalue weighted by atomic mass is 35.5. The minimum Gasteiger partial charge on any atom is -0.495 e. The predicted octanol–water partition coefficient (Wildman–Crippen LogP) is 4.75. The van der Waals surface area contributed by atoms with Gasteiger partial charge in [-0.3, -0.25) is 0 Å². The summed E-state index contributed by atoms with van der Waals surface area (Å²) in [4.78, 5) is 0. The molecular weight excluding hydrogens is 288 g/mol. The number of hydrogen-bond acceptors (Lipinski definition) is 2. The molecule has 2 aromatic carbocycles. The molecular formula is C14H12Cl2FNO. The minimum absolute atomic E-state index is 0.118. The van der Waals surface area contributed by atoms with Crippen LogP contribution in [0.4, 0.5) is 10.1 Å². The summed E-state index contributed by atoms with van der Waals surface area (Å²) in [6.07, 6.45) is 0. The van der Waals surface area contributed by atoms with Crippen LogP contribution in [0.1, 0.15) is 5.56 Å². The van der Waals surface area contributed by atoms with E-state index >= 15 is 0 Å². The van der Waals surface area contributed by atoms with Crippen LogP contribution in [0.2, 0.25) is 10.0 Å². The van der Waals surface area contributed by atoms with E-state index in [0.29, 0.717) is 22.9 Å². The number of hydrogen-bond donors (Lipinski definition) is 1. The number of benzene rings is 2.